The summed E-state index contributed by atoms with van der Waals surface area (Å²) < 4.78 is 0. The first-order valence-electron chi connectivity index (χ1n) is 4.55. The third-order valence-electron chi connectivity index (χ3n) is 2.53. The highest BCUT2D eigenvalue weighted by Crippen LogP contribution is 2.31. The zero-order chi connectivity index (χ0) is 9.03. The lowest BCUT2D eigenvalue weighted by atomic mass is 9.93. The van der Waals surface area contributed by atoms with Crippen molar-refractivity contribution in [2.45, 2.75) is 44.1 Å². The van der Waals surface area contributed by atoms with Crippen molar-refractivity contribution in [2.24, 2.45) is 0 Å². The Balaban J connectivity index is 2.44. The highest BCUT2D eigenvalue weighted by Gasteiger charge is 2.37. The molecule has 1 aliphatic rings. The number of allylic oxidation sites excluding steroid dienone is 1. The van der Waals surface area contributed by atoms with Crippen molar-refractivity contribution in [3.05, 3.63) is 12.7 Å². The molecule has 68 valence electrons. The Morgan fingerprint density at radius 3 is 2.58 bits per heavy atom. The highest BCUT2D eigenvalue weighted by atomic mass is 16.3. The summed E-state index contributed by atoms with van der Waals surface area (Å²) in [4.78, 5) is 11.4. The largest absolute Gasteiger partial charge is 0.382 e. The van der Waals surface area contributed by atoms with Gasteiger partial charge in [0.2, 0.25) is 0 Å². The molecular weight excluding hydrogens is 152 g/mol. The third kappa shape index (κ3) is 1.95. The van der Waals surface area contributed by atoms with Gasteiger partial charge in [-0.15, -0.1) is 6.58 Å². The predicted molar refractivity (Wildman–Crippen MR) is 47.9 cm³/mol. The Hall–Kier alpha value is -0.630. The lowest BCUT2D eigenvalue weighted by Crippen LogP contribution is -2.34. The van der Waals surface area contributed by atoms with Gasteiger partial charge in [0.1, 0.15) is 5.60 Å². The van der Waals surface area contributed by atoms with Crippen LogP contribution in [0, 0.1) is 0 Å². The van der Waals surface area contributed by atoms with E-state index in [1.165, 1.54) is 0 Å². The maximum Gasteiger partial charge on any atom is 0.164 e. The van der Waals surface area contributed by atoms with Crippen LogP contribution in [0.4, 0.5) is 0 Å². The smallest absolute Gasteiger partial charge is 0.164 e. The molecule has 0 aromatic heterocycles. The number of rotatable bonds is 4. The summed E-state index contributed by atoms with van der Waals surface area (Å²) in [5, 5.41) is 9.80. The first kappa shape index (κ1) is 9.46. The molecule has 1 rings (SSSR count). The zero-order valence-electron chi connectivity index (χ0n) is 7.38. The van der Waals surface area contributed by atoms with Gasteiger partial charge in [-0.1, -0.05) is 6.08 Å². The molecule has 0 heterocycles. The number of hydrogen-bond donors (Lipinski definition) is 1. The van der Waals surface area contributed by atoms with Gasteiger partial charge in [0.15, 0.2) is 5.78 Å². The number of Topliss-reactive ketones (excluding diaryl/α,β-unsaturated/α-hetero) is 1. The van der Waals surface area contributed by atoms with Crippen LogP contribution in [0.5, 0.6) is 0 Å². The maximum atomic E-state index is 11.4. The van der Waals surface area contributed by atoms with Crippen LogP contribution in [0.3, 0.4) is 0 Å². The number of carbonyl (C=O) groups is 1. The predicted octanol–water partition coefficient (Wildman–Crippen LogP) is 1.83. The van der Waals surface area contributed by atoms with Gasteiger partial charge in [-0.3, -0.25) is 4.79 Å². The standard InChI is InChI=1S/C10H16O2/c1-2-3-6-9(11)10(12)7-4-5-8-10/h2,12H,1,3-8H2. The monoisotopic (exact) mass is 168 g/mol. The minimum Gasteiger partial charge on any atom is -0.382 e. The Morgan fingerprint density at radius 1 is 1.50 bits per heavy atom. The zero-order valence-corrected chi connectivity index (χ0v) is 7.38. The van der Waals surface area contributed by atoms with Crippen LogP contribution >= 0.6 is 0 Å². The van der Waals surface area contributed by atoms with Crippen molar-refractivity contribution < 1.29 is 9.90 Å². The van der Waals surface area contributed by atoms with Crippen molar-refractivity contribution in [1.29, 1.82) is 0 Å². The first-order chi connectivity index (χ1) is 5.69. The normalized spacial score (nSPS) is 20.8. The summed E-state index contributed by atoms with van der Waals surface area (Å²) in [6.45, 7) is 3.55. The van der Waals surface area contributed by atoms with E-state index in [1.54, 1.807) is 6.08 Å². The molecule has 0 atom stereocenters. The molecular formula is C10H16O2. The lowest BCUT2D eigenvalue weighted by Gasteiger charge is -2.19. The second-order valence-corrected chi connectivity index (χ2v) is 3.49. The van der Waals surface area contributed by atoms with E-state index in [4.69, 9.17) is 0 Å². The molecule has 0 radical (unpaired) electrons. The Bertz CT molecular complexity index is 178. The molecule has 0 aromatic rings. The number of hydrogen-bond acceptors (Lipinski definition) is 2. The molecule has 2 nitrogen and oxygen atoms in total. The number of carbonyl (C=O) groups excluding carboxylic acids is 1. The molecule has 0 unspecified atom stereocenters. The van der Waals surface area contributed by atoms with Crippen LogP contribution in [0.1, 0.15) is 38.5 Å². The molecule has 1 saturated carbocycles. The topological polar surface area (TPSA) is 37.3 Å². The Morgan fingerprint density at radius 2 is 2.08 bits per heavy atom. The van der Waals surface area contributed by atoms with Gasteiger partial charge in [0.05, 0.1) is 0 Å². The summed E-state index contributed by atoms with van der Waals surface area (Å²) in [7, 11) is 0. The fourth-order valence-electron chi connectivity index (χ4n) is 1.70. The summed E-state index contributed by atoms with van der Waals surface area (Å²) in [6, 6.07) is 0. The van der Waals surface area contributed by atoms with Crippen molar-refractivity contribution in [2.75, 3.05) is 0 Å². The Kier molecular flexibility index (Phi) is 3.04. The molecule has 1 N–H and O–H groups in total. The van der Waals surface area contributed by atoms with Crippen LogP contribution in [-0.2, 0) is 4.79 Å². The molecule has 0 saturated heterocycles. The highest BCUT2D eigenvalue weighted by molar-refractivity contribution is 5.87. The van der Waals surface area contributed by atoms with E-state index < -0.39 is 5.60 Å². The van der Waals surface area contributed by atoms with Gasteiger partial charge in [-0.2, -0.15) is 0 Å². The van der Waals surface area contributed by atoms with E-state index in [2.05, 4.69) is 6.58 Å². The summed E-state index contributed by atoms with van der Waals surface area (Å²) >= 11 is 0. The fourth-order valence-corrected chi connectivity index (χ4v) is 1.70. The Labute approximate surface area is 73.3 Å². The molecule has 0 spiro atoms. The van der Waals surface area contributed by atoms with E-state index in [-0.39, 0.29) is 5.78 Å². The van der Waals surface area contributed by atoms with E-state index in [9.17, 15) is 9.90 Å². The van der Waals surface area contributed by atoms with Crippen LogP contribution in [0.2, 0.25) is 0 Å². The van der Waals surface area contributed by atoms with Crippen molar-refractivity contribution >= 4 is 5.78 Å². The van der Waals surface area contributed by atoms with Crippen molar-refractivity contribution in [3.63, 3.8) is 0 Å². The second kappa shape index (κ2) is 3.85. The fraction of sp³-hybridized carbons (Fsp3) is 0.700. The third-order valence-corrected chi connectivity index (χ3v) is 2.53. The van der Waals surface area contributed by atoms with E-state index in [0.717, 1.165) is 12.8 Å². The van der Waals surface area contributed by atoms with Gasteiger partial charge >= 0.3 is 0 Å². The summed E-state index contributed by atoms with van der Waals surface area (Å²) in [5.74, 6) is -0.0000926. The maximum absolute atomic E-state index is 11.4. The van der Waals surface area contributed by atoms with Crippen LogP contribution in [-0.4, -0.2) is 16.5 Å². The van der Waals surface area contributed by atoms with E-state index in [0.29, 0.717) is 25.7 Å². The first-order valence-corrected chi connectivity index (χ1v) is 4.55. The second-order valence-electron chi connectivity index (χ2n) is 3.49. The summed E-state index contributed by atoms with van der Waals surface area (Å²) in [5.41, 5.74) is -0.983. The molecule has 1 aliphatic carbocycles. The van der Waals surface area contributed by atoms with E-state index in [1.807, 2.05) is 0 Å². The van der Waals surface area contributed by atoms with Crippen LogP contribution < -0.4 is 0 Å². The van der Waals surface area contributed by atoms with Gasteiger partial charge in [0.25, 0.3) is 0 Å². The average molecular weight is 168 g/mol. The molecule has 0 bridgehead atoms. The minimum atomic E-state index is -0.983. The summed E-state index contributed by atoms with van der Waals surface area (Å²) in [6.07, 6.45) is 6.12. The van der Waals surface area contributed by atoms with Gasteiger partial charge in [-0.25, -0.2) is 0 Å². The molecule has 2 heteroatoms. The lowest BCUT2D eigenvalue weighted by molar-refractivity contribution is -0.136. The SMILES string of the molecule is C=CCCC(=O)C1(O)CCCC1. The molecule has 0 aliphatic heterocycles. The molecule has 12 heavy (non-hydrogen) atoms. The molecule has 0 aromatic carbocycles. The van der Waals surface area contributed by atoms with Crippen molar-refractivity contribution in [1.82, 2.24) is 0 Å². The van der Waals surface area contributed by atoms with Gasteiger partial charge < -0.3 is 5.11 Å². The van der Waals surface area contributed by atoms with Gasteiger partial charge in [-0.05, 0) is 32.1 Å². The van der Waals surface area contributed by atoms with Crippen LogP contribution in [0.25, 0.3) is 0 Å². The minimum absolute atomic E-state index is 0.0000926. The molecule has 1 fully saturated rings. The van der Waals surface area contributed by atoms with Crippen LogP contribution in [0.15, 0.2) is 12.7 Å². The van der Waals surface area contributed by atoms with E-state index >= 15 is 0 Å². The van der Waals surface area contributed by atoms with Gasteiger partial charge in [0, 0.05) is 6.42 Å². The average Bonchev–Trinajstić information content (AvgIpc) is 2.49. The quantitative estimate of drug-likeness (QED) is 0.650. The number of ketones is 1. The van der Waals surface area contributed by atoms with Crippen molar-refractivity contribution in [3.8, 4) is 0 Å². The number of aliphatic hydroxyl groups is 1. The molecule has 0 amide bonds.